The van der Waals surface area contributed by atoms with Crippen molar-refractivity contribution in [2.75, 3.05) is 7.05 Å². The number of para-hydroxylation sites is 1. The predicted molar refractivity (Wildman–Crippen MR) is 89.1 cm³/mol. The number of hydrogen-bond donors (Lipinski definition) is 1. The van der Waals surface area contributed by atoms with Crippen LogP contribution in [0.15, 0.2) is 48.5 Å². The van der Waals surface area contributed by atoms with E-state index in [0.717, 1.165) is 17.9 Å². The van der Waals surface area contributed by atoms with Gasteiger partial charge in [0.15, 0.2) is 0 Å². The number of benzene rings is 2. The van der Waals surface area contributed by atoms with Crippen LogP contribution >= 0.6 is 0 Å². The summed E-state index contributed by atoms with van der Waals surface area (Å²) in [4.78, 5) is 0. The standard InChI is InChI=1S/C19H25NO/c1-5-14(2)16-10-12-17(13-11-16)21-19-9-7-6-8-18(19)15(3)20-4/h6-15,20H,5H2,1-4H3. The van der Waals surface area contributed by atoms with Gasteiger partial charge in [-0.2, -0.15) is 0 Å². The molecule has 0 bridgehead atoms. The highest BCUT2D eigenvalue weighted by molar-refractivity contribution is 5.40. The van der Waals surface area contributed by atoms with Gasteiger partial charge in [-0.05, 0) is 50.1 Å². The summed E-state index contributed by atoms with van der Waals surface area (Å²) in [6.45, 7) is 6.60. The van der Waals surface area contributed by atoms with E-state index >= 15 is 0 Å². The number of ether oxygens (including phenoxy) is 1. The van der Waals surface area contributed by atoms with Gasteiger partial charge in [-0.15, -0.1) is 0 Å². The van der Waals surface area contributed by atoms with Gasteiger partial charge in [-0.3, -0.25) is 0 Å². The van der Waals surface area contributed by atoms with Crippen LogP contribution in [-0.2, 0) is 0 Å². The second kappa shape index (κ2) is 7.28. The molecule has 1 N–H and O–H groups in total. The Bertz CT molecular complexity index is 562. The van der Waals surface area contributed by atoms with Crippen LogP contribution in [-0.4, -0.2) is 7.05 Å². The largest absolute Gasteiger partial charge is 0.457 e. The Hall–Kier alpha value is -1.80. The minimum Gasteiger partial charge on any atom is -0.457 e. The highest BCUT2D eigenvalue weighted by Gasteiger charge is 2.10. The maximum absolute atomic E-state index is 6.06. The Labute approximate surface area is 128 Å². The highest BCUT2D eigenvalue weighted by atomic mass is 16.5. The first-order valence-electron chi connectivity index (χ1n) is 7.69. The fourth-order valence-corrected chi connectivity index (χ4v) is 2.31. The molecule has 2 unspecified atom stereocenters. The van der Waals surface area contributed by atoms with E-state index in [2.05, 4.69) is 56.4 Å². The Morgan fingerprint density at radius 1 is 1.00 bits per heavy atom. The molecule has 2 atom stereocenters. The lowest BCUT2D eigenvalue weighted by molar-refractivity contribution is 0.466. The maximum atomic E-state index is 6.06. The fraction of sp³-hybridized carbons (Fsp3) is 0.368. The molecule has 0 aliphatic rings. The summed E-state index contributed by atoms with van der Waals surface area (Å²) in [7, 11) is 1.96. The normalized spacial score (nSPS) is 13.7. The summed E-state index contributed by atoms with van der Waals surface area (Å²) in [5.74, 6) is 2.39. The molecule has 0 aliphatic heterocycles. The molecule has 0 amide bonds. The van der Waals surface area contributed by atoms with Crippen LogP contribution in [0, 0.1) is 0 Å². The van der Waals surface area contributed by atoms with Crippen LogP contribution in [0.5, 0.6) is 11.5 Å². The van der Waals surface area contributed by atoms with Crippen LogP contribution < -0.4 is 10.1 Å². The molecule has 2 nitrogen and oxygen atoms in total. The van der Waals surface area contributed by atoms with Crippen LogP contribution in [0.25, 0.3) is 0 Å². The van der Waals surface area contributed by atoms with Gasteiger partial charge in [0.05, 0.1) is 0 Å². The zero-order valence-electron chi connectivity index (χ0n) is 13.4. The molecule has 0 spiro atoms. The van der Waals surface area contributed by atoms with Crippen molar-refractivity contribution in [1.82, 2.24) is 5.32 Å². The molecule has 0 saturated heterocycles. The summed E-state index contributed by atoms with van der Waals surface area (Å²) < 4.78 is 6.06. The molecule has 0 radical (unpaired) electrons. The van der Waals surface area contributed by atoms with Crippen molar-refractivity contribution in [3.63, 3.8) is 0 Å². The molecular weight excluding hydrogens is 258 g/mol. The Kier molecular flexibility index (Phi) is 5.40. The monoisotopic (exact) mass is 283 g/mol. The van der Waals surface area contributed by atoms with E-state index in [0.29, 0.717) is 5.92 Å². The topological polar surface area (TPSA) is 21.3 Å². The maximum Gasteiger partial charge on any atom is 0.132 e. The Morgan fingerprint density at radius 3 is 2.29 bits per heavy atom. The second-order valence-corrected chi connectivity index (χ2v) is 5.53. The zero-order chi connectivity index (χ0) is 15.2. The Balaban J connectivity index is 2.19. The van der Waals surface area contributed by atoms with Crippen LogP contribution in [0.3, 0.4) is 0 Å². The zero-order valence-corrected chi connectivity index (χ0v) is 13.4. The van der Waals surface area contributed by atoms with Crippen LogP contribution in [0.1, 0.15) is 50.3 Å². The number of hydrogen-bond acceptors (Lipinski definition) is 2. The summed E-state index contributed by atoms with van der Waals surface area (Å²) in [6, 6.07) is 16.9. The third-order valence-electron chi connectivity index (χ3n) is 4.11. The first-order chi connectivity index (χ1) is 10.2. The van der Waals surface area contributed by atoms with Gasteiger partial charge in [0.2, 0.25) is 0 Å². The van der Waals surface area contributed by atoms with E-state index in [-0.39, 0.29) is 6.04 Å². The first kappa shape index (κ1) is 15.6. The van der Waals surface area contributed by atoms with Gasteiger partial charge in [-0.25, -0.2) is 0 Å². The first-order valence-corrected chi connectivity index (χ1v) is 7.69. The summed E-state index contributed by atoms with van der Waals surface area (Å²) in [5.41, 5.74) is 2.53. The van der Waals surface area contributed by atoms with Crippen molar-refractivity contribution in [1.29, 1.82) is 0 Å². The van der Waals surface area contributed by atoms with Crippen molar-refractivity contribution >= 4 is 0 Å². The lowest BCUT2D eigenvalue weighted by Crippen LogP contribution is -2.13. The van der Waals surface area contributed by atoms with E-state index in [1.165, 1.54) is 11.1 Å². The van der Waals surface area contributed by atoms with Crippen molar-refractivity contribution in [2.45, 2.75) is 39.2 Å². The molecule has 2 rings (SSSR count). The number of nitrogens with one attached hydrogen (secondary N) is 1. The molecule has 2 heteroatoms. The Morgan fingerprint density at radius 2 is 1.67 bits per heavy atom. The minimum absolute atomic E-state index is 0.264. The molecule has 0 aliphatic carbocycles. The highest BCUT2D eigenvalue weighted by Crippen LogP contribution is 2.30. The molecule has 0 fully saturated rings. The van der Waals surface area contributed by atoms with Gasteiger partial charge in [0.25, 0.3) is 0 Å². The predicted octanol–water partition coefficient (Wildman–Crippen LogP) is 5.27. The lowest BCUT2D eigenvalue weighted by atomic mass is 9.99. The average Bonchev–Trinajstić information content (AvgIpc) is 2.54. The van der Waals surface area contributed by atoms with E-state index in [1.807, 2.05) is 25.2 Å². The molecule has 112 valence electrons. The molecule has 0 saturated carbocycles. The van der Waals surface area contributed by atoms with Crippen molar-refractivity contribution in [3.05, 3.63) is 59.7 Å². The molecular formula is C19H25NO. The van der Waals surface area contributed by atoms with E-state index in [4.69, 9.17) is 4.74 Å². The SMILES string of the molecule is CCC(C)c1ccc(Oc2ccccc2C(C)NC)cc1. The van der Waals surface area contributed by atoms with Crippen LogP contribution in [0.4, 0.5) is 0 Å². The molecule has 2 aromatic rings. The number of rotatable bonds is 6. The molecule has 0 aromatic heterocycles. The van der Waals surface area contributed by atoms with Crippen molar-refractivity contribution in [2.24, 2.45) is 0 Å². The second-order valence-electron chi connectivity index (χ2n) is 5.53. The summed E-state index contributed by atoms with van der Waals surface area (Å²) in [5, 5.41) is 3.26. The third kappa shape index (κ3) is 3.85. The van der Waals surface area contributed by atoms with Crippen molar-refractivity contribution in [3.8, 4) is 11.5 Å². The van der Waals surface area contributed by atoms with Gasteiger partial charge in [-0.1, -0.05) is 44.2 Å². The minimum atomic E-state index is 0.264. The third-order valence-corrected chi connectivity index (χ3v) is 4.11. The molecule has 0 heterocycles. The van der Waals surface area contributed by atoms with E-state index < -0.39 is 0 Å². The van der Waals surface area contributed by atoms with E-state index in [1.54, 1.807) is 0 Å². The van der Waals surface area contributed by atoms with E-state index in [9.17, 15) is 0 Å². The van der Waals surface area contributed by atoms with Crippen molar-refractivity contribution < 1.29 is 4.74 Å². The average molecular weight is 283 g/mol. The van der Waals surface area contributed by atoms with Crippen LogP contribution in [0.2, 0.25) is 0 Å². The van der Waals surface area contributed by atoms with Gasteiger partial charge >= 0.3 is 0 Å². The molecule has 2 aromatic carbocycles. The molecule has 21 heavy (non-hydrogen) atoms. The summed E-state index contributed by atoms with van der Waals surface area (Å²) in [6.07, 6.45) is 1.16. The summed E-state index contributed by atoms with van der Waals surface area (Å²) >= 11 is 0. The van der Waals surface area contributed by atoms with Gasteiger partial charge in [0, 0.05) is 11.6 Å². The lowest BCUT2D eigenvalue weighted by Gasteiger charge is -2.16. The smallest absolute Gasteiger partial charge is 0.132 e. The van der Waals surface area contributed by atoms with Gasteiger partial charge in [0.1, 0.15) is 11.5 Å². The quantitative estimate of drug-likeness (QED) is 0.779. The van der Waals surface area contributed by atoms with Gasteiger partial charge < -0.3 is 10.1 Å². The fourth-order valence-electron chi connectivity index (χ4n) is 2.31.